The van der Waals surface area contributed by atoms with Crippen LogP contribution >= 0.6 is 46.4 Å². The first kappa shape index (κ1) is 23.3. The zero-order valence-electron chi connectivity index (χ0n) is 15.3. The van der Waals surface area contributed by atoms with Gasteiger partial charge in [0.2, 0.25) is 11.8 Å². The van der Waals surface area contributed by atoms with Crippen molar-refractivity contribution in [2.45, 2.75) is 6.92 Å². The van der Waals surface area contributed by atoms with Gasteiger partial charge in [0.1, 0.15) is 0 Å². The van der Waals surface area contributed by atoms with Crippen molar-refractivity contribution in [3.63, 3.8) is 0 Å². The van der Waals surface area contributed by atoms with E-state index in [1.807, 2.05) is 0 Å². The Balaban J connectivity index is 1.94. The molecule has 2 aromatic carbocycles. The summed E-state index contributed by atoms with van der Waals surface area (Å²) < 4.78 is 0. The number of anilines is 1. The van der Waals surface area contributed by atoms with Gasteiger partial charge in [-0.3, -0.25) is 14.4 Å². The molecule has 2 rings (SSSR count). The lowest BCUT2D eigenvalue weighted by Gasteiger charge is -2.21. The van der Waals surface area contributed by atoms with E-state index in [1.165, 1.54) is 23.1 Å². The van der Waals surface area contributed by atoms with Gasteiger partial charge < -0.3 is 15.5 Å². The van der Waals surface area contributed by atoms with Crippen LogP contribution in [0, 0.1) is 0 Å². The molecule has 2 aromatic rings. The van der Waals surface area contributed by atoms with Crippen LogP contribution in [-0.4, -0.2) is 42.3 Å². The third kappa shape index (κ3) is 6.51. The largest absolute Gasteiger partial charge is 0.343 e. The first-order valence-corrected chi connectivity index (χ1v) is 9.99. The lowest BCUT2D eigenvalue weighted by molar-refractivity contribution is -0.133. The van der Waals surface area contributed by atoms with Crippen molar-refractivity contribution < 1.29 is 14.4 Å². The summed E-state index contributed by atoms with van der Waals surface area (Å²) in [6.45, 7) is 1.45. The number of carbonyl (C=O) groups is 3. The Bertz CT molecular complexity index is 917. The number of amides is 3. The molecule has 0 saturated heterocycles. The zero-order valence-corrected chi connectivity index (χ0v) is 18.3. The molecule has 154 valence electrons. The van der Waals surface area contributed by atoms with Crippen molar-refractivity contribution in [1.29, 1.82) is 0 Å². The minimum Gasteiger partial charge on any atom is -0.343 e. The molecule has 29 heavy (non-hydrogen) atoms. The summed E-state index contributed by atoms with van der Waals surface area (Å²) in [6, 6.07) is 9.24. The molecule has 0 bridgehead atoms. The van der Waals surface area contributed by atoms with E-state index >= 15 is 0 Å². The van der Waals surface area contributed by atoms with Gasteiger partial charge in [-0.15, -0.1) is 0 Å². The molecular formula is C19H17Cl4N3O3. The third-order valence-corrected chi connectivity index (χ3v) is 5.05. The fourth-order valence-electron chi connectivity index (χ4n) is 2.38. The summed E-state index contributed by atoms with van der Waals surface area (Å²) in [7, 11) is 0. The van der Waals surface area contributed by atoms with E-state index in [0.717, 1.165) is 0 Å². The van der Waals surface area contributed by atoms with Crippen molar-refractivity contribution in [3.8, 4) is 0 Å². The molecule has 0 fully saturated rings. The maximum absolute atomic E-state index is 12.4. The summed E-state index contributed by atoms with van der Waals surface area (Å²) in [5, 5.41) is 6.21. The Hall–Kier alpha value is -1.99. The second-order valence-electron chi connectivity index (χ2n) is 5.86. The SMILES string of the molecule is CCN(CC(=O)Nc1c(Cl)cccc1Cl)C(=O)CNC(=O)c1ccc(Cl)cc1Cl. The predicted molar refractivity (Wildman–Crippen MR) is 116 cm³/mol. The van der Waals surface area contributed by atoms with Crippen molar-refractivity contribution in [2.75, 3.05) is 25.0 Å². The Morgan fingerprint density at radius 3 is 2.21 bits per heavy atom. The van der Waals surface area contributed by atoms with Gasteiger partial charge in [-0.05, 0) is 37.3 Å². The molecular weight excluding hydrogens is 460 g/mol. The van der Waals surface area contributed by atoms with E-state index in [1.54, 1.807) is 25.1 Å². The fourth-order valence-corrected chi connectivity index (χ4v) is 3.37. The molecule has 2 N–H and O–H groups in total. The van der Waals surface area contributed by atoms with Gasteiger partial charge in [-0.2, -0.15) is 0 Å². The minimum absolute atomic E-state index is 0.172. The van der Waals surface area contributed by atoms with Crippen LogP contribution in [0.5, 0.6) is 0 Å². The van der Waals surface area contributed by atoms with Gasteiger partial charge in [-0.25, -0.2) is 0 Å². The molecule has 0 aromatic heterocycles. The zero-order chi connectivity index (χ0) is 21.6. The summed E-state index contributed by atoms with van der Waals surface area (Å²) in [6.07, 6.45) is 0. The molecule has 0 saturated carbocycles. The Kier molecular flexibility index (Phi) is 8.59. The number of nitrogens with zero attached hydrogens (tertiary/aromatic N) is 1. The topological polar surface area (TPSA) is 78.5 Å². The van der Waals surface area contributed by atoms with E-state index < -0.39 is 17.7 Å². The van der Waals surface area contributed by atoms with E-state index in [2.05, 4.69) is 10.6 Å². The third-order valence-electron chi connectivity index (χ3n) is 3.87. The van der Waals surface area contributed by atoms with Crippen LogP contribution in [0.3, 0.4) is 0 Å². The van der Waals surface area contributed by atoms with Crippen LogP contribution in [0.4, 0.5) is 5.69 Å². The normalized spacial score (nSPS) is 10.4. The number of hydrogen-bond donors (Lipinski definition) is 2. The first-order chi connectivity index (χ1) is 13.7. The van der Waals surface area contributed by atoms with Crippen molar-refractivity contribution in [3.05, 3.63) is 62.1 Å². The molecule has 10 heteroatoms. The fraction of sp³-hybridized carbons (Fsp3) is 0.211. The summed E-state index contributed by atoms with van der Waals surface area (Å²) in [5.74, 6) is -1.43. The first-order valence-electron chi connectivity index (χ1n) is 8.47. The van der Waals surface area contributed by atoms with Crippen molar-refractivity contribution in [2.24, 2.45) is 0 Å². The Morgan fingerprint density at radius 2 is 1.62 bits per heavy atom. The number of para-hydroxylation sites is 1. The van der Waals surface area contributed by atoms with Crippen LogP contribution in [-0.2, 0) is 9.59 Å². The molecule has 0 spiro atoms. The molecule has 0 heterocycles. The quantitative estimate of drug-likeness (QED) is 0.616. The van der Waals surface area contributed by atoms with Gasteiger partial charge >= 0.3 is 0 Å². The monoisotopic (exact) mass is 475 g/mol. The number of hydrogen-bond acceptors (Lipinski definition) is 3. The standard InChI is InChI=1S/C19H17Cl4N3O3/c1-2-26(10-16(27)25-18-13(21)4-3-5-14(18)22)17(28)9-24-19(29)12-7-6-11(20)8-15(12)23/h3-8H,2,9-10H2,1H3,(H,24,29)(H,25,27). The molecule has 0 atom stereocenters. The Morgan fingerprint density at radius 1 is 0.966 bits per heavy atom. The smallest absolute Gasteiger partial charge is 0.253 e. The molecule has 6 nitrogen and oxygen atoms in total. The number of likely N-dealkylation sites (N-methyl/N-ethyl adjacent to an activating group) is 1. The predicted octanol–water partition coefficient (Wildman–Crippen LogP) is 4.52. The van der Waals surface area contributed by atoms with E-state index in [9.17, 15) is 14.4 Å². The van der Waals surface area contributed by atoms with Crippen LogP contribution in [0.25, 0.3) is 0 Å². The molecule has 0 unspecified atom stereocenters. The number of rotatable bonds is 7. The van der Waals surface area contributed by atoms with Crippen LogP contribution in [0.2, 0.25) is 20.1 Å². The van der Waals surface area contributed by atoms with Gasteiger partial charge in [-0.1, -0.05) is 52.5 Å². The second kappa shape index (κ2) is 10.7. The van der Waals surface area contributed by atoms with Gasteiger partial charge in [0.05, 0.1) is 39.4 Å². The minimum atomic E-state index is -0.525. The van der Waals surface area contributed by atoms with Crippen LogP contribution in [0.15, 0.2) is 36.4 Å². The highest BCUT2D eigenvalue weighted by Crippen LogP contribution is 2.29. The highest BCUT2D eigenvalue weighted by atomic mass is 35.5. The molecule has 0 aliphatic carbocycles. The molecule has 3 amide bonds. The van der Waals surface area contributed by atoms with Crippen molar-refractivity contribution >= 4 is 69.8 Å². The second-order valence-corrected chi connectivity index (χ2v) is 7.52. The van der Waals surface area contributed by atoms with Gasteiger partial charge in [0, 0.05) is 11.6 Å². The van der Waals surface area contributed by atoms with Gasteiger partial charge in [0.25, 0.3) is 5.91 Å². The number of benzene rings is 2. The van der Waals surface area contributed by atoms with E-state index in [0.29, 0.717) is 5.02 Å². The molecule has 0 radical (unpaired) electrons. The maximum atomic E-state index is 12.4. The van der Waals surface area contributed by atoms with Crippen LogP contribution < -0.4 is 10.6 Å². The van der Waals surface area contributed by atoms with Crippen molar-refractivity contribution in [1.82, 2.24) is 10.2 Å². The lowest BCUT2D eigenvalue weighted by Crippen LogP contribution is -2.43. The highest BCUT2D eigenvalue weighted by molar-refractivity contribution is 6.39. The molecule has 0 aliphatic rings. The Labute approximate surface area is 188 Å². The number of halogens is 4. The lowest BCUT2D eigenvalue weighted by atomic mass is 10.2. The number of nitrogens with one attached hydrogen (secondary N) is 2. The average Bonchev–Trinajstić information content (AvgIpc) is 2.67. The summed E-state index contributed by atoms with van der Waals surface area (Å²) >= 11 is 23.8. The number of carbonyl (C=O) groups excluding carboxylic acids is 3. The van der Waals surface area contributed by atoms with Gasteiger partial charge in [0.15, 0.2) is 0 Å². The van der Waals surface area contributed by atoms with E-state index in [4.69, 9.17) is 46.4 Å². The summed E-state index contributed by atoms with van der Waals surface area (Å²) in [4.78, 5) is 38.2. The van der Waals surface area contributed by atoms with E-state index in [-0.39, 0.29) is 46.0 Å². The molecule has 0 aliphatic heterocycles. The van der Waals surface area contributed by atoms with Crippen LogP contribution in [0.1, 0.15) is 17.3 Å². The maximum Gasteiger partial charge on any atom is 0.253 e. The summed E-state index contributed by atoms with van der Waals surface area (Å²) in [5.41, 5.74) is 0.466. The highest BCUT2D eigenvalue weighted by Gasteiger charge is 2.19. The average molecular weight is 477 g/mol.